The minimum Gasteiger partial charge on any atom is -0.493 e. The first-order chi connectivity index (χ1) is 6.77. The molecule has 0 aromatic heterocycles. The molecule has 1 atom stereocenters. The predicted octanol–water partition coefficient (Wildman–Crippen LogP) is 4.09. The van der Waals surface area contributed by atoms with Crippen LogP contribution in [-0.4, -0.2) is 6.61 Å². The van der Waals surface area contributed by atoms with Gasteiger partial charge in [0.2, 0.25) is 0 Å². The lowest BCUT2D eigenvalue weighted by Crippen LogP contribution is -2.13. The molecule has 1 nitrogen and oxygen atoms in total. The van der Waals surface area contributed by atoms with Gasteiger partial charge in [-0.15, -0.1) is 0 Å². The van der Waals surface area contributed by atoms with E-state index >= 15 is 0 Å². The summed E-state index contributed by atoms with van der Waals surface area (Å²) >= 11 is 0. The number of hydrogen-bond donors (Lipinski definition) is 0. The van der Waals surface area contributed by atoms with E-state index in [4.69, 9.17) is 4.74 Å². The summed E-state index contributed by atoms with van der Waals surface area (Å²) in [6.45, 7) is 12.8. The van der Waals surface area contributed by atoms with Gasteiger partial charge in [-0.1, -0.05) is 39.5 Å². The molecule has 0 aromatic rings. The highest BCUT2D eigenvalue weighted by Crippen LogP contribution is 2.24. The third-order valence-corrected chi connectivity index (χ3v) is 1.96. The van der Waals surface area contributed by atoms with Crippen molar-refractivity contribution in [3.63, 3.8) is 0 Å². The highest BCUT2D eigenvalue weighted by molar-refractivity contribution is 5.29. The van der Waals surface area contributed by atoms with E-state index in [-0.39, 0.29) is 0 Å². The summed E-state index contributed by atoms with van der Waals surface area (Å²) in [6, 6.07) is 0. The first-order valence-corrected chi connectivity index (χ1v) is 5.39. The van der Waals surface area contributed by atoms with Gasteiger partial charge in [0.1, 0.15) is 5.76 Å². The highest BCUT2D eigenvalue weighted by Gasteiger charge is 2.14. The van der Waals surface area contributed by atoms with E-state index < -0.39 is 0 Å². The fourth-order valence-electron chi connectivity index (χ4n) is 1.40. The summed E-state index contributed by atoms with van der Waals surface area (Å²) in [5, 5.41) is 0. The molecule has 0 aromatic carbocycles. The quantitative estimate of drug-likeness (QED) is 0.643. The lowest BCUT2D eigenvalue weighted by molar-refractivity contribution is 0.160. The van der Waals surface area contributed by atoms with E-state index in [2.05, 4.69) is 19.6 Å². The largest absolute Gasteiger partial charge is 0.493 e. The van der Waals surface area contributed by atoms with Gasteiger partial charge >= 0.3 is 0 Å². The molecule has 0 aliphatic carbocycles. The number of rotatable bonds is 2. The first-order valence-electron chi connectivity index (χ1n) is 5.39. The zero-order valence-corrected chi connectivity index (χ0v) is 9.84. The van der Waals surface area contributed by atoms with Gasteiger partial charge < -0.3 is 4.74 Å². The van der Waals surface area contributed by atoms with Crippen molar-refractivity contribution in [1.82, 2.24) is 0 Å². The van der Waals surface area contributed by atoms with Crippen LogP contribution in [0.1, 0.15) is 34.1 Å². The standard InChI is InChI=1S/C11H16O.C2H6/c1-4-6-10-7-9(3)8-12-11(10)5-2;1-2/h4-6,9H,2,7-8H2,1,3H3;1-2H3/b6-4-;. The van der Waals surface area contributed by atoms with Crippen LogP contribution in [0.3, 0.4) is 0 Å². The molecule has 1 heteroatoms. The molecule has 0 N–H and O–H groups in total. The van der Waals surface area contributed by atoms with E-state index in [1.807, 2.05) is 26.8 Å². The Morgan fingerprint density at radius 3 is 2.57 bits per heavy atom. The maximum atomic E-state index is 5.51. The molecular formula is C13H22O. The third-order valence-electron chi connectivity index (χ3n) is 1.96. The zero-order chi connectivity index (χ0) is 11.0. The average molecular weight is 194 g/mol. The van der Waals surface area contributed by atoms with Crippen molar-refractivity contribution in [2.45, 2.75) is 34.1 Å². The molecule has 1 aliphatic rings. The Hall–Kier alpha value is -0.980. The van der Waals surface area contributed by atoms with E-state index in [0.29, 0.717) is 5.92 Å². The Balaban J connectivity index is 0.000000791. The van der Waals surface area contributed by atoms with Gasteiger partial charge in [0.05, 0.1) is 6.61 Å². The number of allylic oxidation sites excluding steroid dienone is 4. The molecule has 0 spiro atoms. The van der Waals surface area contributed by atoms with Crippen LogP contribution in [0.2, 0.25) is 0 Å². The van der Waals surface area contributed by atoms with Crippen LogP contribution in [-0.2, 0) is 4.74 Å². The number of hydrogen-bond acceptors (Lipinski definition) is 1. The monoisotopic (exact) mass is 194 g/mol. The minimum atomic E-state index is 0.625. The van der Waals surface area contributed by atoms with Crippen molar-refractivity contribution in [1.29, 1.82) is 0 Å². The summed E-state index contributed by atoms with van der Waals surface area (Å²) in [5.74, 6) is 1.58. The zero-order valence-electron chi connectivity index (χ0n) is 9.84. The van der Waals surface area contributed by atoms with Gasteiger partial charge in [-0.25, -0.2) is 0 Å². The van der Waals surface area contributed by atoms with Crippen molar-refractivity contribution in [2.75, 3.05) is 6.61 Å². The van der Waals surface area contributed by atoms with Gasteiger partial charge in [-0.05, 0) is 30.9 Å². The van der Waals surface area contributed by atoms with Gasteiger partial charge in [-0.2, -0.15) is 0 Å². The van der Waals surface area contributed by atoms with Gasteiger partial charge in [-0.3, -0.25) is 0 Å². The summed E-state index contributed by atoms with van der Waals surface area (Å²) < 4.78 is 5.51. The fraction of sp³-hybridized carbons (Fsp3) is 0.538. The normalized spacial score (nSPS) is 21.3. The summed E-state index contributed by atoms with van der Waals surface area (Å²) in [4.78, 5) is 0. The van der Waals surface area contributed by atoms with Crippen molar-refractivity contribution < 1.29 is 4.74 Å². The second-order valence-electron chi connectivity index (χ2n) is 3.21. The first kappa shape index (κ1) is 13.0. The van der Waals surface area contributed by atoms with Gasteiger partial charge in [0, 0.05) is 0 Å². The Labute approximate surface area is 88.2 Å². The van der Waals surface area contributed by atoms with Crippen molar-refractivity contribution >= 4 is 0 Å². The van der Waals surface area contributed by atoms with Crippen molar-refractivity contribution in [2.24, 2.45) is 5.92 Å². The average Bonchev–Trinajstić information content (AvgIpc) is 2.22. The fourth-order valence-corrected chi connectivity index (χ4v) is 1.40. The summed E-state index contributed by atoms with van der Waals surface area (Å²) in [7, 11) is 0. The Morgan fingerprint density at radius 2 is 2.07 bits per heavy atom. The molecule has 0 radical (unpaired) electrons. The Bertz CT molecular complexity index is 223. The molecule has 0 saturated carbocycles. The van der Waals surface area contributed by atoms with Crippen molar-refractivity contribution in [3.05, 3.63) is 36.1 Å². The molecule has 1 aliphatic heterocycles. The van der Waals surface area contributed by atoms with E-state index in [1.54, 1.807) is 6.08 Å². The third kappa shape index (κ3) is 3.82. The van der Waals surface area contributed by atoms with Crippen LogP contribution in [0.5, 0.6) is 0 Å². The molecule has 80 valence electrons. The molecule has 0 saturated heterocycles. The van der Waals surface area contributed by atoms with Gasteiger partial charge in [0.25, 0.3) is 0 Å². The SMILES string of the molecule is C=CC1=C(/C=C\C)CC(C)CO1.CC. The Kier molecular flexibility index (Phi) is 6.91. The molecule has 0 bridgehead atoms. The maximum Gasteiger partial charge on any atom is 0.121 e. The van der Waals surface area contributed by atoms with Crippen LogP contribution < -0.4 is 0 Å². The summed E-state index contributed by atoms with van der Waals surface area (Å²) in [5.41, 5.74) is 1.27. The maximum absolute atomic E-state index is 5.51. The van der Waals surface area contributed by atoms with Crippen LogP contribution in [0, 0.1) is 5.92 Å². The minimum absolute atomic E-state index is 0.625. The van der Waals surface area contributed by atoms with E-state index in [0.717, 1.165) is 18.8 Å². The van der Waals surface area contributed by atoms with Crippen LogP contribution in [0.15, 0.2) is 36.1 Å². The molecule has 0 amide bonds. The van der Waals surface area contributed by atoms with Crippen LogP contribution >= 0.6 is 0 Å². The number of ether oxygens (including phenoxy) is 1. The second-order valence-corrected chi connectivity index (χ2v) is 3.21. The lowest BCUT2D eigenvalue weighted by Gasteiger charge is -2.22. The smallest absolute Gasteiger partial charge is 0.121 e. The molecule has 0 fully saturated rings. The predicted molar refractivity (Wildman–Crippen MR) is 63.1 cm³/mol. The van der Waals surface area contributed by atoms with E-state index in [9.17, 15) is 0 Å². The molecule has 14 heavy (non-hydrogen) atoms. The molecule has 1 rings (SSSR count). The lowest BCUT2D eigenvalue weighted by atomic mass is 9.98. The van der Waals surface area contributed by atoms with Crippen molar-refractivity contribution in [3.8, 4) is 0 Å². The summed E-state index contributed by atoms with van der Waals surface area (Å²) in [6.07, 6.45) is 7.04. The van der Waals surface area contributed by atoms with E-state index in [1.165, 1.54) is 5.57 Å². The highest BCUT2D eigenvalue weighted by atomic mass is 16.5. The van der Waals surface area contributed by atoms with Crippen LogP contribution in [0.25, 0.3) is 0 Å². The van der Waals surface area contributed by atoms with Gasteiger partial charge in [0.15, 0.2) is 0 Å². The molecular weight excluding hydrogens is 172 g/mol. The second kappa shape index (κ2) is 7.43. The van der Waals surface area contributed by atoms with Crippen LogP contribution in [0.4, 0.5) is 0 Å². The topological polar surface area (TPSA) is 9.23 Å². The Morgan fingerprint density at radius 1 is 1.43 bits per heavy atom. The molecule has 1 unspecified atom stereocenters. The molecule has 1 heterocycles.